The summed E-state index contributed by atoms with van der Waals surface area (Å²) in [7, 11) is 0. The topological polar surface area (TPSA) is 3.24 Å². The summed E-state index contributed by atoms with van der Waals surface area (Å²) in [6.45, 7) is 21.8. The van der Waals surface area contributed by atoms with Crippen LogP contribution in [0.25, 0.3) is 54.4 Å². The quantitative estimate of drug-likeness (QED) is 0.141. The molecule has 55 heavy (non-hydrogen) atoms. The van der Waals surface area contributed by atoms with Gasteiger partial charge >= 0.3 is 0 Å². The third-order valence-corrected chi connectivity index (χ3v) is 11.3. The second-order valence-corrected chi connectivity index (χ2v) is 16.4. The molecule has 1 nitrogen and oxygen atoms in total. The van der Waals surface area contributed by atoms with E-state index in [1.165, 1.54) is 58.8 Å². The Kier molecular flexibility index (Phi) is 10.7. The van der Waals surface area contributed by atoms with Crippen molar-refractivity contribution in [1.82, 2.24) is 0 Å². The van der Waals surface area contributed by atoms with Crippen molar-refractivity contribution in [3.63, 3.8) is 0 Å². The Hall–Kier alpha value is -5.96. The van der Waals surface area contributed by atoms with Gasteiger partial charge in [0, 0.05) is 26.5 Å². The Morgan fingerprint density at radius 3 is 2.07 bits per heavy atom. The van der Waals surface area contributed by atoms with E-state index in [2.05, 4.69) is 204 Å². The van der Waals surface area contributed by atoms with Crippen LogP contribution in [0.4, 0.5) is 11.4 Å². The number of aryl methyl sites for hydroxylation is 1. The highest BCUT2D eigenvalue weighted by Gasteiger charge is 2.19. The Balaban J connectivity index is 1.45. The van der Waals surface area contributed by atoms with Gasteiger partial charge in [-0.3, -0.25) is 0 Å². The summed E-state index contributed by atoms with van der Waals surface area (Å²) in [6, 6.07) is 48.8. The maximum Gasteiger partial charge on any atom is 0.0540 e. The molecular weight excluding hydrogens is 683 g/mol. The van der Waals surface area contributed by atoms with Gasteiger partial charge in [-0.05, 0) is 124 Å². The second-order valence-electron chi connectivity index (χ2n) is 15.3. The molecule has 7 aromatic rings. The number of fused-ring (bicyclic) bond motifs is 1. The summed E-state index contributed by atoms with van der Waals surface area (Å²) in [5, 5.41) is 8.63. The molecule has 0 N–H and O–H groups in total. The van der Waals surface area contributed by atoms with Crippen molar-refractivity contribution in [1.29, 1.82) is 0 Å². The monoisotopic (exact) mass is 731 g/mol. The summed E-state index contributed by atoms with van der Waals surface area (Å²) in [6.07, 6.45) is 10.5. The van der Waals surface area contributed by atoms with Crippen molar-refractivity contribution in [2.75, 3.05) is 4.90 Å². The van der Waals surface area contributed by atoms with Crippen LogP contribution in [0.3, 0.4) is 0 Å². The van der Waals surface area contributed by atoms with Gasteiger partial charge in [-0.25, -0.2) is 0 Å². The molecule has 1 aromatic heterocycles. The minimum Gasteiger partial charge on any atom is -0.310 e. The predicted molar refractivity (Wildman–Crippen MR) is 245 cm³/mol. The smallest absolute Gasteiger partial charge is 0.0540 e. The van der Waals surface area contributed by atoms with Gasteiger partial charge < -0.3 is 4.90 Å². The van der Waals surface area contributed by atoms with Crippen LogP contribution in [0, 0.1) is 6.92 Å². The lowest BCUT2D eigenvalue weighted by Gasteiger charge is -2.27. The molecule has 7 rings (SSSR count). The SMILES string of the molecule is C=C/C(=C\C=C\C)N(c1ccc(C)cc1)c1ccccccc(-c2ccc(/C=c3\ccc4cc(C(C)(C)C)cc5ccc(C(=C)C)c3c54)s2)c2ccccc12. The number of rotatable bonds is 8. The third-order valence-electron chi connectivity index (χ3n) is 10.2. The molecule has 1 heterocycles. The zero-order valence-electron chi connectivity index (χ0n) is 32.9. The average Bonchev–Trinajstić information content (AvgIpc) is 3.64. The van der Waals surface area contributed by atoms with Crippen LogP contribution in [0.5, 0.6) is 0 Å². The number of thiophene rings is 1. The number of allylic oxidation sites excluding steroid dienone is 5. The summed E-state index contributed by atoms with van der Waals surface area (Å²) in [5.41, 5.74) is 9.20. The normalized spacial score (nSPS) is 12.5. The van der Waals surface area contributed by atoms with Crippen molar-refractivity contribution in [3.05, 3.63) is 203 Å². The minimum absolute atomic E-state index is 0.0652. The van der Waals surface area contributed by atoms with E-state index in [-0.39, 0.29) is 5.41 Å². The van der Waals surface area contributed by atoms with Crippen LogP contribution in [-0.2, 0) is 5.41 Å². The molecule has 0 spiro atoms. The van der Waals surface area contributed by atoms with Crippen LogP contribution < -0.4 is 10.1 Å². The molecule has 0 unspecified atom stereocenters. The summed E-state index contributed by atoms with van der Waals surface area (Å²) >= 11 is 1.82. The average molecular weight is 732 g/mol. The van der Waals surface area contributed by atoms with Crippen molar-refractivity contribution in [2.45, 2.75) is 47.0 Å². The number of nitrogens with zero attached hydrogens (tertiary/aromatic N) is 1. The van der Waals surface area contributed by atoms with Gasteiger partial charge in [0.15, 0.2) is 0 Å². The highest BCUT2D eigenvalue weighted by molar-refractivity contribution is 7.16. The van der Waals surface area contributed by atoms with E-state index in [1.807, 2.05) is 30.4 Å². The number of hydrogen-bond donors (Lipinski definition) is 0. The summed E-state index contributed by atoms with van der Waals surface area (Å²) in [4.78, 5) is 4.71. The molecule has 0 saturated heterocycles. The van der Waals surface area contributed by atoms with E-state index in [9.17, 15) is 0 Å². The van der Waals surface area contributed by atoms with E-state index < -0.39 is 0 Å². The first-order valence-corrected chi connectivity index (χ1v) is 19.8. The van der Waals surface area contributed by atoms with Gasteiger partial charge in [0.1, 0.15) is 0 Å². The molecule has 0 atom stereocenters. The lowest BCUT2D eigenvalue weighted by molar-refractivity contribution is 0.591. The first kappa shape index (κ1) is 37.4. The van der Waals surface area contributed by atoms with Crippen molar-refractivity contribution < 1.29 is 0 Å². The molecule has 0 aliphatic heterocycles. The Bertz CT molecular complexity index is 2730. The molecule has 0 aliphatic carbocycles. The summed E-state index contributed by atoms with van der Waals surface area (Å²) < 4.78 is 0. The minimum atomic E-state index is 0.0652. The Labute approximate surface area is 330 Å². The molecular formula is C53H49NS. The van der Waals surface area contributed by atoms with Gasteiger partial charge in [-0.1, -0.05) is 160 Å². The third kappa shape index (κ3) is 7.69. The Morgan fingerprint density at radius 1 is 0.727 bits per heavy atom. The van der Waals surface area contributed by atoms with Gasteiger partial charge in [0.2, 0.25) is 0 Å². The van der Waals surface area contributed by atoms with Crippen LogP contribution in [0.2, 0.25) is 0 Å². The fraction of sp³-hybridized carbons (Fsp3) is 0.132. The van der Waals surface area contributed by atoms with E-state index in [0.29, 0.717) is 0 Å². The molecule has 2 heteroatoms. The van der Waals surface area contributed by atoms with E-state index in [4.69, 9.17) is 0 Å². The zero-order chi connectivity index (χ0) is 38.7. The fourth-order valence-corrected chi connectivity index (χ4v) is 8.34. The Morgan fingerprint density at radius 2 is 1.40 bits per heavy atom. The highest BCUT2D eigenvalue weighted by atomic mass is 32.1. The lowest BCUT2D eigenvalue weighted by Crippen LogP contribution is -2.15. The fourth-order valence-electron chi connectivity index (χ4n) is 7.34. The van der Waals surface area contributed by atoms with E-state index in [0.717, 1.165) is 33.4 Å². The zero-order valence-corrected chi connectivity index (χ0v) is 33.7. The van der Waals surface area contributed by atoms with Gasteiger partial charge in [0.25, 0.3) is 0 Å². The maximum atomic E-state index is 4.40. The van der Waals surface area contributed by atoms with E-state index >= 15 is 0 Å². The van der Waals surface area contributed by atoms with Crippen LogP contribution in [0.1, 0.15) is 56.2 Å². The van der Waals surface area contributed by atoms with Crippen molar-refractivity contribution >= 4 is 66.7 Å². The number of hydrogen-bond acceptors (Lipinski definition) is 2. The van der Waals surface area contributed by atoms with Crippen LogP contribution in [0.15, 0.2) is 177 Å². The van der Waals surface area contributed by atoms with Crippen LogP contribution in [-0.4, -0.2) is 0 Å². The largest absolute Gasteiger partial charge is 0.310 e. The molecule has 0 bridgehead atoms. The molecule has 0 aliphatic rings. The van der Waals surface area contributed by atoms with E-state index in [1.54, 1.807) is 0 Å². The lowest BCUT2D eigenvalue weighted by atomic mass is 9.83. The van der Waals surface area contributed by atoms with Gasteiger partial charge in [-0.2, -0.15) is 0 Å². The van der Waals surface area contributed by atoms with Crippen molar-refractivity contribution in [2.24, 2.45) is 0 Å². The molecule has 272 valence electrons. The molecule has 0 saturated carbocycles. The predicted octanol–water partition coefficient (Wildman–Crippen LogP) is 15.0. The first-order chi connectivity index (χ1) is 26.6. The highest BCUT2D eigenvalue weighted by Crippen LogP contribution is 2.40. The first-order valence-electron chi connectivity index (χ1n) is 19.0. The van der Waals surface area contributed by atoms with Crippen LogP contribution >= 0.6 is 11.3 Å². The number of benzene rings is 5. The van der Waals surface area contributed by atoms with Gasteiger partial charge in [-0.15, -0.1) is 11.3 Å². The second kappa shape index (κ2) is 15.8. The van der Waals surface area contributed by atoms with Gasteiger partial charge in [0.05, 0.1) is 5.69 Å². The number of anilines is 2. The van der Waals surface area contributed by atoms with Crippen molar-refractivity contribution in [3.8, 4) is 10.4 Å². The molecule has 6 aromatic carbocycles. The maximum absolute atomic E-state index is 4.40. The summed E-state index contributed by atoms with van der Waals surface area (Å²) in [5.74, 6) is 0. The molecule has 0 amide bonds. The molecule has 0 fully saturated rings. The molecule has 0 radical (unpaired) electrons. The standard InChI is InChI=1S/C53H49NS/c1-9-11-18-42(10-2)54(43-28-23-37(5)24-29-43)49-22-15-13-12-14-21-48(46-19-16-17-20-47(46)49)50-32-30-44(55-50)35-40-26-25-38-33-41(53(6,7)8)34-39-27-31-45(36(3)4)52(40)51(38)39/h9-35H,2-3H2,1,4-8H3/b11-9+,13-12?,14-12?,15-13?,21-14?,22-15?,40-35+,42-18+,48-21?,48-46?,49-22?,49-47?.